The third kappa shape index (κ3) is 1.40. The smallest absolute Gasteiger partial charge is 0.154 e. The molecule has 0 bridgehead atoms. The van der Waals surface area contributed by atoms with Gasteiger partial charge in [-0.2, -0.15) is 0 Å². The Hall–Kier alpha value is 0.320. The molecule has 1 rings (SSSR count). The lowest BCUT2D eigenvalue weighted by Gasteiger charge is -1.77. The Balaban J connectivity index is 2.84. The van der Waals surface area contributed by atoms with E-state index >= 15 is 0 Å². The van der Waals surface area contributed by atoms with Gasteiger partial charge in [-0.05, 0) is 22.6 Å². The fraction of sp³-hybridized carbons (Fsp3) is 0.250. The van der Waals surface area contributed by atoms with Gasteiger partial charge in [-0.3, -0.25) is 0 Å². The van der Waals surface area contributed by atoms with Crippen molar-refractivity contribution < 1.29 is 5.11 Å². The van der Waals surface area contributed by atoms with E-state index in [0.717, 1.165) is 7.89 Å². The second-order valence-electron chi connectivity index (χ2n) is 1.24. The Bertz CT molecular complexity index is 176. The van der Waals surface area contributed by atoms with E-state index in [1.54, 1.807) is 6.20 Å². The maximum atomic E-state index is 8.52. The van der Waals surface area contributed by atoms with Crippen LogP contribution in [0, 0.1) is 3.01 Å². The first-order valence-electron chi connectivity index (χ1n) is 2.04. The number of hydrogen-bond donors (Lipinski definition) is 1. The third-order valence-electron chi connectivity index (χ3n) is 0.681. The van der Waals surface area contributed by atoms with Crippen molar-refractivity contribution in [3.05, 3.63) is 14.1 Å². The van der Waals surface area contributed by atoms with Gasteiger partial charge < -0.3 is 5.11 Å². The Morgan fingerprint density at radius 3 is 2.88 bits per heavy atom. The molecule has 8 heavy (non-hydrogen) atoms. The number of rotatable bonds is 1. The minimum absolute atomic E-state index is 0.112. The molecule has 0 aliphatic carbocycles. The predicted molar refractivity (Wildman–Crippen MR) is 40.8 cm³/mol. The Morgan fingerprint density at radius 1 is 1.88 bits per heavy atom. The highest BCUT2D eigenvalue weighted by Gasteiger charge is 1.93. The molecule has 0 spiro atoms. The van der Waals surface area contributed by atoms with E-state index in [1.165, 1.54) is 11.3 Å². The fourth-order valence-electron chi connectivity index (χ4n) is 0.357. The van der Waals surface area contributed by atoms with Crippen LogP contribution in [0.1, 0.15) is 4.88 Å². The molecule has 44 valence electrons. The number of hydrogen-bond acceptors (Lipinski definition) is 3. The van der Waals surface area contributed by atoms with Crippen molar-refractivity contribution >= 4 is 33.9 Å². The van der Waals surface area contributed by atoms with Gasteiger partial charge in [-0.15, -0.1) is 11.3 Å². The van der Waals surface area contributed by atoms with E-state index in [1.807, 2.05) is 0 Å². The third-order valence-corrected chi connectivity index (χ3v) is 2.39. The summed E-state index contributed by atoms with van der Waals surface area (Å²) in [7, 11) is 0. The average Bonchev–Trinajstić information content (AvgIpc) is 2.14. The molecule has 4 heteroatoms. The Labute approximate surface area is 64.7 Å². The van der Waals surface area contributed by atoms with Gasteiger partial charge in [0.05, 0.1) is 11.5 Å². The molecule has 0 fully saturated rings. The van der Waals surface area contributed by atoms with Gasteiger partial charge in [-0.1, -0.05) is 0 Å². The Morgan fingerprint density at radius 2 is 2.62 bits per heavy atom. The normalized spacial score (nSPS) is 9.75. The van der Waals surface area contributed by atoms with Crippen LogP contribution in [0.4, 0.5) is 0 Å². The molecule has 2 nitrogen and oxygen atoms in total. The monoisotopic (exact) mass is 241 g/mol. The number of aliphatic hydroxyl groups excluding tert-OH is 1. The standard InChI is InChI=1S/C4H4INOS/c5-4-6-1-3(2-7)8-4/h1,7H,2H2. The van der Waals surface area contributed by atoms with Crippen LogP contribution in [0.3, 0.4) is 0 Å². The summed E-state index contributed by atoms with van der Waals surface area (Å²) in [5.74, 6) is 0. The number of aliphatic hydroxyl groups is 1. The zero-order valence-electron chi connectivity index (χ0n) is 3.97. The van der Waals surface area contributed by atoms with Crippen LogP contribution in [0.5, 0.6) is 0 Å². The van der Waals surface area contributed by atoms with Crippen molar-refractivity contribution in [3.63, 3.8) is 0 Å². The summed E-state index contributed by atoms with van der Waals surface area (Å²) in [6.07, 6.45) is 1.69. The van der Waals surface area contributed by atoms with Crippen molar-refractivity contribution in [1.29, 1.82) is 0 Å². The molecule has 0 saturated carbocycles. The zero-order valence-corrected chi connectivity index (χ0v) is 6.94. The van der Waals surface area contributed by atoms with Crippen LogP contribution >= 0.6 is 33.9 Å². The summed E-state index contributed by atoms with van der Waals surface area (Å²) in [5.41, 5.74) is 0. The quantitative estimate of drug-likeness (QED) is 0.750. The van der Waals surface area contributed by atoms with Crippen molar-refractivity contribution in [3.8, 4) is 0 Å². The Kier molecular flexibility index (Phi) is 2.21. The van der Waals surface area contributed by atoms with Gasteiger partial charge >= 0.3 is 0 Å². The molecular weight excluding hydrogens is 237 g/mol. The maximum Gasteiger partial charge on any atom is 0.154 e. The summed E-state index contributed by atoms with van der Waals surface area (Å²) < 4.78 is 0.978. The number of aromatic nitrogens is 1. The highest BCUT2D eigenvalue weighted by Crippen LogP contribution is 2.13. The van der Waals surface area contributed by atoms with Gasteiger partial charge in [0.15, 0.2) is 3.01 Å². The average molecular weight is 241 g/mol. The second kappa shape index (κ2) is 2.75. The molecule has 0 saturated heterocycles. The van der Waals surface area contributed by atoms with Crippen LogP contribution in [0.2, 0.25) is 0 Å². The van der Waals surface area contributed by atoms with Gasteiger partial charge in [0.2, 0.25) is 0 Å². The maximum absolute atomic E-state index is 8.52. The van der Waals surface area contributed by atoms with Gasteiger partial charge in [0, 0.05) is 6.20 Å². The lowest BCUT2D eigenvalue weighted by Crippen LogP contribution is -1.70. The van der Waals surface area contributed by atoms with E-state index < -0.39 is 0 Å². The van der Waals surface area contributed by atoms with Crippen LogP contribution in [-0.2, 0) is 6.61 Å². The van der Waals surface area contributed by atoms with Crippen molar-refractivity contribution in [2.24, 2.45) is 0 Å². The molecule has 0 radical (unpaired) electrons. The lowest BCUT2D eigenvalue weighted by molar-refractivity contribution is 0.285. The lowest BCUT2D eigenvalue weighted by atomic mass is 10.6. The van der Waals surface area contributed by atoms with Crippen LogP contribution in [0.15, 0.2) is 6.20 Å². The minimum Gasteiger partial charge on any atom is -0.391 e. The van der Waals surface area contributed by atoms with Crippen LogP contribution in [-0.4, -0.2) is 10.1 Å². The minimum atomic E-state index is 0.112. The number of thiazole rings is 1. The van der Waals surface area contributed by atoms with Gasteiger partial charge in [0.25, 0.3) is 0 Å². The molecular formula is C4H4INOS. The highest BCUT2D eigenvalue weighted by molar-refractivity contribution is 14.1. The first kappa shape index (κ1) is 6.44. The molecule has 1 heterocycles. The van der Waals surface area contributed by atoms with Gasteiger partial charge in [-0.25, -0.2) is 4.98 Å². The molecule has 0 unspecified atom stereocenters. The highest BCUT2D eigenvalue weighted by atomic mass is 127. The molecule has 0 aromatic carbocycles. The molecule has 1 aromatic heterocycles. The number of halogens is 1. The largest absolute Gasteiger partial charge is 0.391 e. The van der Waals surface area contributed by atoms with E-state index in [4.69, 9.17) is 5.11 Å². The topological polar surface area (TPSA) is 33.1 Å². The first-order valence-corrected chi connectivity index (χ1v) is 3.93. The van der Waals surface area contributed by atoms with E-state index in [0.29, 0.717) is 0 Å². The van der Waals surface area contributed by atoms with Crippen molar-refractivity contribution in [2.45, 2.75) is 6.61 Å². The zero-order chi connectivity index (χ0) is 5.98. The SMILES string of the molecule is OCc1cnc(I)s1. The van der Waals surface area contributed by atoms with E-state index in [9.17, 15) is 0 Å². The van der Waals surface area contributed by atoms with E-state index in [-0.39, 0.29) is 6.61 Å². The summed E-state index contributed by atoms with van der Waals surface area (Å²) in [5, 5.41) is 8.52. The summed E-state index contributed by atoms with van der Waals surface area (Å²) in [4.78, 5) is 4.86. The van der Waals surface area contributed by atoms with E-state index in [2.05, 4.69) is 27.6 Å². The molecule has 0 amide bonds. The summed E-state index contributed by atoms with van der Waals surface area (Å²) >= 11 is 3.63. The molecule has 0 aliphatic heterocycles. The van der Waals surface area contributed by atoms with Crippen molar-refractivity contribution in [2.75, 3.05) is 0 Å². The first-order chi connectivity index (χ1) is 3.83. The predicted octanol–water partition coefficient (Wildman–Crippen LogP) is 1.24. The summed E-state index contributed by atoms with van der Waals surface area (Å²) in [6.45, 7) is 0.112. The second-order valence-corrected chi connectivity index (χ2v) is 4.11. The van der Waals surface area contributed by atoms with Gasteiger partial charge in [0.1, 0.15) is 0 Å². The fourth-order valence-corrected chi connectivity index (χ4v) is 1.84. The molecule has 1 aromatic rings. The van der Waals surface area contributed by atoms with Crippen LogP contribution < -0.4 is 0 Å². The van der Waals surface area contributed by atoms with Crippen molar-refractivity contribution in [1.82, 2.24) is 4.98 Å². The molecule has 0 atom stereocenters. The summed E-state index contributed by atoms with van der Waals surface area (Å²) in [6, 6.07) is 0. The molecule has 1 N–H and O–H groups in total. The molecule has 0 aliphatic rings. The van der Waals surface area contributed by atoms with Crippen LogP contribution in [0.25, 0.3) is 0 Å². The number of nitrogens with zero attached hydrogens (tertiary/aromatic N) is 1.